The van der Waals surface area contributed by atoms with E-state index in [4.69, 9.17) is 15.7 Å². The van der Waals surface area contributed by atoms with Crippen LogP contribution in [-0.2, 0) is 11.3 Å². The molecule has 3 aromatic rings. The van der Waals surface area contributed by atoms with Crippen LogP contribution in [0.25, 0.3) is 16.7 Å². The van der Waals surface area contributed by atoms with Gasteiger partial charge >= 0.3 is 0 Å². The lowest BCUT2D eigenvalue weighted by Crippen LogP contribution is -1.99. The van der Waals surface area contributed by atoms with Crippen LogP contribution in [-0.4, -0.2) is 27.1 Å². The van der Waals surface area contributed by atoms with Gasteiger partial charge in [-0.1, -0.05) is 0 Å². The number of aromatic amines is 1. The van der Waals surface area contributed by atoms with Crippen LogP contribution >= 0.6 is 0 Å². The Morgan fingerprint density at radius 3 is 2.80 bits per heavy atom. The van der Waals surface area contributed by atoms with Gasteiger partial charge in [-0.05, 0) is 24.3 Å². The lowest BCUT2D eigenvalue weighted by Gasteiger charge is -2.01. The SMILES string of the molecule is COCc1nn(-c2ccc(C#N)cc2)c2n[nH]c(N)c12. The minimum atomic E-state index is 0.351. The normalized spacial score (nSPS) is 10.8. The molecule has 3 N–H and O–H groups in total. The lowest BCUT2D eigenvalue weighted by molar-refractivity contribution is 0.182. The Morgan fingerprint density at radius 2 is 2.15 bits per heavy atom. The molecule has 0 amide bonds. The zero-order valence-electron chi connectivity index (χ0n) is 10.8. The Labute approximate surface area is 114 Å². The summed E-state index contributed by atoms with van der Waals surface area (Å²) in [5, 5.41) is 21.0. The zero-order valence-corrected chi connectivity index (χ0v) is 10.8. The number of fused-ring (bicyclic) bond motifs is 1. The average Bonchev–Trinajstić information content (AvgIpc) is 3.02. The minimum Gasteiger partial charge on any atom is -0.383 e. The van der Waals surface area contributed by atoms with Crippen molar-refractivity contribution in [2.24, 2.45) is 0 Å². The molecule has 0 aliphatic heterocycles. The Morgan fingerprint density at radius 1 is 1.40 bits per heavy atom. The van der Waals surface area contributed by atoms with Crippen molar-refractivity contribution < 1.29 is 4.74 Å². The quantitative estimate of drug-likeness (QED) is 0.745. The Balaban J connectivity index is 2.17. The van der Waals surface area contributed by atoms with E-state index in [-0.39, 0.29) is 0 Å². The molecule has 100 valence electrons. The van der Waals surface area contributed by atoms with Crippen molar-refractivity contribution in [2.75, 3.05) is 12.8 Å². The maximum absolute atomic E-state index is 8.83. The number of nitrogens with two attached hydrogens (primary N) is 1. The predicted octanol–water partition coefficient (Wildman–Crippen LogP) is 1.35. The molecule has 0 fully saturated rings. The number of nitriles is 1. The topological polar surface area (TPSA) is 106 Å². The summed E-state index contributed by atoms with van der Waals surface area (Å²) in [7, 11) is 1.60. The monoisotopic (exact) mass is 268 g/mol. The van der Waals surface area contributed by atoms with Gasteiger partial charge in [-0.2, -0.15) is 15.5 Å². The van der Waals surface area contributed by atoms with Crippen molar-refractivity contribution in [3.63, 3.8) is 0 Å². The van der Waals surface area contributed by atoms with Crippen LogP contribution in [0.1, 0.15) is 11.3 Å². The number of benzene rings is 1. The molecule has 0 unspecified atom stereocenters. The highest BCUT2D eigenvalue weighted by Gasteiger charge is 2.17. The fourth-order valence-electron chi connectivity index (χ4n) is 2.10. The Hall–Kier alpha value is -2.85. The molecule has 0 spiro atoms. The molecular formula is C13H12N6O. The molecule has 2 heterocycles. The highest BCUT2D eigenvalue weighted by atomic mass is 16.5. The van der Waals surface area contributed by atoms with Crippen molar-refractivity contribution in [3.8, 4) is 11.8 Å². The van der Waals surface area contributed by atoms with Gasteiger partial charge in [-0.15, -0.1) is 0 Å². The van der Waals surface area contributed by atoms with E-state index in [0.29, 0.717) is 23.6 Å². The second-order valence-electron chi connectivity index (χ2n) is 4.29. The number of nitrogens with zero attached hydrogens (tertiary/aromatic N) is 4. The highest BCUT2D eigenvalue weighted by molar-refractivity contribution is 5.89. The first-order valence-electron chi connectivity index (χ1n) is 5.95. The molecule has 1 aromatic carbocycles. The van der Waals surface area contributed by atoms with Gasteiger partial charge in [0.2, 0.25) is 0 Å². The Kier molecular flexibility index (Phi) is 2.85. The molecule has 0 bridgehead atoms. The Bertz CT molecular complexity index is 793. The largest absolute Gasteiger partial charge is 0.383 e. The molecule has 0 aliphatic carbocycles. The van der Waals surface area contributed by atoms with Gasteiger partial charge in [0.25, 0.3) is 0 Å². The van der Waals surface area contributed by atoms with E-state index in [0.717, 1.165) is 16.8 Å². The molecule has 0 saturated heterocycles. The summed E-state index contributed by atoms with van der Waals surface area (Å²) < 4.78 is 6.81. The number of hydrogen-bond acceptors (Lipinski definition) is 5. The summed E-state index contributed by atoms with van der Waals surface area (Å²) in [5.41, 5.74) is 8.63. The van der Waals surface area contributed by atoms with Crippen LogP contribution in [0.2, 0.25) is 0 Å². The van der Waals surface area contributed by atoms with Gasteiger partial charge in [0, 0.05) is 7.11 Å². The van der Waals surface area contributed by atoms with Crippen molar-refractivity contribution >= 4 is 16.9 Å². The summed E-state index contributed by atoms with van der Waals surface area (Å²) in [6, 6.07) is 9.17. The maximum Gasteiger partial charge on any atom is 0.186 e. The third kappa shape index (κ3) is 1.79. The standard InChI is InChI=1S/C13H12N6O/c1-20-7-10-11-12(15)16-17-13(11)19(18-10)9-4-2-8(6-14)3-5-9/h2-5H,7H2,1H3,(H3,15,16,17). The number of anilines is 1. The molecule has 7 nitrogen and oxygen atoms in total. The number of hydrogen-bond donors (Lipinski definition) is 2. The third-order valence-electron chi connectivity index (χ3n) is 3.01. The molecule has 2 aromatic heterocycles. The molecule has 20 heavy (non-hydrogen) atoms. The first kappa shape index (κ1) is 12.2. The van der Waals surface area contributed by atoms with E-state index in [9.17, 15) is 0 Å². The van der Waals surface area contributed by atoms with Crippen LogP contribution in [0, 0.1) is 11.3 Å². The number of aromatic nitrogens is 4. The molecule has 0 radical (unpaired) electrons. The van der Waals surface area contributed by atoms with E-state index in [1.54, 1.807) is 23.9 Å². The van der Waals surface area contributed by atoms with Crippen LogP contribution < -0.4 is 5.73 Å². The van der Waals surface area contributed by atoms with E-state index < -0.39 is 0 Å². The molecule has 7 heteroatoms. The number of ether oxygens (including phenoxy) is 1. The van der Waals surface area contributed by atoms with Crippen molar-refractivity contribution in [2.45, 2.75) is 6.61 Å². The number of methoxy groups -OCH3 is 1. The molecule has 0 atom stereocenters. The zero-order chi connectivity index (χ0) is 14.1. The highest BCUT2D eigenvalue weighted by Crippen LogP contribution is 2.25. The summed E-state index contributed by atoms with van der Waals surface area (Å²) in [5.74, 6) is 0.465. The van der Waals surface area contributed by atoms with Crippen molar-refractivity contribution in [1.82, 2.24) is 20.0 Å². The minimum absolute atomic E-state index is 0.351. The maximum atomic E-state index is 8.83. The average molecular weight is 268 g/mol. The second kappa shape index (κ2) is 4.68. The summed E-state index contributed by atoms with van der Waals surface area (Å²) in [6.45, 7) is 0.351. The first-order valence-corrected chi connectivity index (χ1v) is 5.95. The number of rotatable bonds is 3. The number of H-pyrrole nitrogens is 1. The van der Waals surface area contributed by atoms with Gasteiger partial charge < -0.3 is 10.5 Å². The van der Waals surface area contributed by atoms with E-state index >= 15 is 0 Å². The molecule has 0 aliphatic rings. The predicted molar refractivity (Wildman–Crippen MR) is 73.1 cm³/mol. The van der Waals surface area contributed by atoms with Gasteiger partial charge in [0.1, 0.15) is 11.5 Å². The van der Waals surface area contributed by atoms with Crippen molar-refractivity contribution in [1.29, 1.82) is 5.26 Å². The van der Waals surface area contributed by atoms with Gasteiger partial charge in [-0.25, -0.2) is 4.68 Å². The third-order valence-corrected chi connectivity index (χ3v) is 3.01. The van der Waals surface area contributed by atoms with Gasteiger partial charge in [0.15, 0.2) is 5.65 Å². The van der Waals surface area contributed by atoms with Crippen LogP contribution in [0.3, 0.4) is 0 Å². The smallest absolute Gasteiger partial charge is 0.186 e. The van der Waals surface area contributed by atoms with E-state index in [2.05, 4.69) is 21.4 Å². The summed E-state index contributed by atoms with van der Waals surface area (Å²) in [6.07, 6.45) is 0. The molecule has 3 rings (SSSR count). The van der Waals surface area contributed by atoms with E-state index in [1.165, 1.54) is 0 Å². The summed E-state index contributed by atoms with van der Waals surface area (Å²) >= 11 is 0. The van der Waals surface area contributed by atoms with Crippen LogP contribution in [0.5, 0.6) is 0 Å². The first-order chi connectivity index (χ1) is 9.74. The number of nitrogens with one attached hydrogen (secondary N) is 1. The van der Waals surface area contributed by atoms with Gasteiger partial charge in [0.05, 0.1) is 29.3 Å². The number of nitrogen functional groups attached to an aromatic ring is 1. The molecular weight excluding hydrogens is 256 g/mol. The van der Waals surface area contributed by atoms with Gasteiger partial charge in [-0.3, -0.25) is 5.10 Å². The fraction of sp³-hybridized carbons (Fsp3) is 0.154. The van der Waals surface area contributed by atoms with Crippen LogP contribution in [0.4, 0.5) is 5.82 Å². The summed E-state index contributed by atoms with van der Waals surface area (Å²) in [4.78, 5) is 0. The van der Waals surface area contributed by atoms with Crippen molar-refractivity contribution in [3.05, 3.63) is 35.5 Å². The lowest BCUT2D eigenvalue weighted by atomic mass is 10.2. The van der Waals surface area contributed by atoms with E-state index in [1.807, 2.05) is 12.1 Å². The second-order valence-corrected chi connectivity index (χ2v) is 4.29. The van der Waals surface area contributed by atoms with Crippen LogP contribution in [0.15, 0.2) is 24.3 Å². The fourth-order valence-corrected chi connectivity index (χ4v) is 2.10. The molecule has 0 saturated carbocycles.